The third-order valence-corrected chi connectivity index (χ3v) is 6.40. The summed E-state index contributed by atoms with van der Waals surface area (Å²) in [5.41, 5.74) is -0.00915. The summed E-state index contributed by atoms with van der Waals surface area (Å²) in [5.74, 6) is 0.737. The number of piperidine rings is 2. The maximum atomic E-state index is 12.8. The third-order valence-electron chi connectivity index (χ3n) is 6.40. The molecule has 0 unspecified atom stereocenters. The fourth-order valence-electron chi connectivity index (χ4n) is 4.53. The van der Waals surface area contributed by atoms with Crippen molar-refractivity contribution in [3.8, 4) is 0 Å². The first-order valence-corrected chi connectivity index (χ1v) is 9.30. The Morgan fingerprint density at radius 3 is 2.17 bits per heavy atom. The molecule has 6 nitrogen and oxygen atoms in total. The molecule has 0 saturated carbocycles. The van der Waals surface area contributed by atoms with Crippen molar-refractivity contribution < 1.29 is 14.4 Å². The Balaban J connectivity index is 1.51. The Kier molecular flexibility index (Phi) is 4.83. The van der Waals surface area contributed by atoms with Crippen molar-refractivity contribution >= 4 is 17.7 Å². The van der Waals surface area contributed by atoms with Crippen LogP contribution in [0.4, 0.5) is 0 Å². The molecule has 6 heteroatoms. The predicted octanol–water partition coefficient (Wildman–Crippen LogP) is 1.25. The van der Waals surface area contributed by atoms with Gasteiger partial charge in [0.15, 0.2) is 0 Å². The van der Waals surface area contributed by atoms with Crippen LogP contribution in [0.5, 0.6) is 0 Å². The maximum absolute atomic E-state index is 12.8. The molecule has 0 aromatic carbocycles. The summed E-state index contributed by atoms with van der Waals surface area (Å²) in [6, 6.07) is 0. The zero-order chi connectivity index (χ0) is 17.3. The minimum atomic E-state index is -0.00915. The van der Waals surface area contributed by atoms with Gasteiger partial charge in [0, 0.05) is 57.5 Å². The van der Waals surface area contributed by atoms with Crippen molar-refractivity contribution in [2.24, 2.45) is 5.92 Å². The summed E-state index contributed by atoms with van der Waals surface area (Å²) in [4.78, 5) is 42.2. The zero-order valence-electron chi connectivity index (χ0n) is 14.9. The molecule has 134 valence electrons. The van der Waals surface area contributed by atoms with Gasteiger partial charge < -0.3 is 14.7 Å². The van der Waals surface area contributed by atoms with Gasteiger partial charge in [0.2, 0.25) is 17.7 Å². The molecular formula is C18H29N3O3. The summed E-state index contributed by atoms with van der Waals surface area (Å²) >= 11 is 0. The molecule has 0 bridgehead atoms. The molecule has 3 saturated heterocycles. The van der Waals surface area contributed by atoms with Crippen LogP contribution in [-0.2, 0) is 14.4 Å². The van der Waals surface area contributed by atoms with E-state index in [1.54, 1.807) is 0 Å². The van der Waals surface area contributed by atoms with Crippen molar-refractivity contribution in [3.63, 3.8) is 0 Å². The van der Waals surface area contributed by atoms with Gasteiger partial charge in [-0.1, -0.05) is 6.92 Å². The molecule has 3 rings (SSSR count). The lowest BCUT2D eigenvalue weighted by atomic mass is 9.84. The second-order valence-corrected chi connectivity index (χ2v) is 7.51. The van der Waals surface area contributed by atoms with Gasteiger partial charge in [-0.2, -0.15) is 0 Å². The van der Waals surface area contributed by atoms with Crippen molar-refractivity contribution in [1.29, 1.82) is 0 Å². The van der Waals surface area contributed by atoms with Crippen LogP contribution < -0.4 is 0 Å². The lowest BCUT2D eigenvalue weighted by molar-refractivity contribution is -0.143. The van der Waals surface area contributed by atoms with E-state index >= 15 is 0 Å². The minimum Gasteiger partial charge on any atom is -0.343 e. The number of hydrogen-bond acceptors (Lipinski definition) is 3. The predicted molar refractivity (Wildman–Crippen MR) is 90.1 cm³/mol. The van der Waals surface area contributed by atoms with Crippen LogP contribution in [0.1, 0.15) is 51.9 Å². The minimum absolute atomic E-state index is 0.00915. The average Bonchev–Trinajstić information content (AvgIpc) is 2.90. The molecule has 24 heavy (non-hydrogen) atoms. The normalized spacial score (nSPS) is 24.8. The topological polar surface area (TPSA) is 60.9 Å². The van der Waals surface area contributed by atoms with Crippen molar-refractivity contribution in [3.05, 3.63) is 0 Å². The number of hydrogen-bond donors (Lipinski definition) is 0. The second-order valence-electron chi connectivity index (χ2n) is 7.51. The SMILES string of the molecule is CCC(=O)N1CCC(C(=O)N2CCC3(CCC(=O)N3C)CC2)CC1. The lowest BCUT2D eigenvalue weighted by Crippen LogP contribution is -2.54. The molecule has 0 aromatic heterocycles. The largest absolute Gasteiger partial charge is 0.343 e. The highest BCUT2D eigenvalue weighted by Crippen LogP contribution is 2.38. The van der Waals surface area contributed by atoms with E-state index in [4.69, 9.17) is 0 Å². The van der Waals surface area contributed by atoms with Crippen LogP contribution in [-0.4, -0.2) is 71.2 Å². The van der Waals surface area contributed by atoms with Gasteiger partial charge in [0.1, 0.15) is 0 Å². The van der Waals surface area contributed by atoms with Gasteiger partial charge in [-0.05, 0) is 32.1 Å². The monoisotopic (exact) mass is 335 g/mol. The van der Waals surface area contributed by atoms with E-state index < -0.39 is 0 Å². The first-order chi connectivity index (χ1) is 11.5. The Hall–Kier alpha value is -1.59. The smallest absolute Gasteiger partial charge is 0.225 e. The lowest BCUT2D eigenvalue weighted by Gasteiger charge is -2.44. The highest BCUT2D eigenvalue weighted by Gasteiger charge is 2.46. The van der Waals surface area contributed by atoms with E-state index in [2.05, 4.69) is 0 Å². The van der Waals surface area contributed by atoms with E-state index in [9.17, 15) is 14.4 Å². The zero-order valence-corrected chi connectivity index (χ0v) is 14.9. The van der Waals surface area contributed by atoms with Crippen LogP contribution in [0.25, 0.3) is 0 Å². The van der Waals surface area contributed by atoms with Crippen LogP contribution in [0.2, 0.25) is 0 Å². The number of likely N-dealkylation sites (tertiary alicyclic amines) is 3. The number of nitrogens with zero attached hydrogens (tertiary/aromatic N) is 3. The summed E-state index contributed by atoms with van der Waals surface area (Å²) in [6.45, 7) is 4.80. The second kappa shape index (κ2) is 6.73. The number of carbonyl (C=O) groups is 3. The molecule has 0 radical (unpaired) electrons. The molecule has 0 aromatic rings. The number of rotatable bonds is 2. The number of amides is 3. The highest BCUT2D eigenvalue weighted by atomic mass is 16.2. The number of carbonyl (C=O) groups excluding carboxylic acids is 3. The molecule has 3 amide bonds. The van der Waals surface area contributed by atoms with Crippen molar-refractivity contribution in [1.82, 2.24) is 14.7 Å². The fraction of sp³-hybridized carbons (Fsp3) is 0.833. The van der Waals surface area contributed by atoms with E-state index in [-0.39, 0.29) is 29.2 Å². The molecule has 3 fully saturated rings. The van der Waals surface area contributed by atoms with E-state index in [1.807, 2.05) is 28.7 Å². The molecule has 3 heterocycles. The molecule has 0 N–H and O–H groups in total. The van der Waals surface area contributed by atoms with Crippen LogP contribution >= 0.6 is 0 Å². The van der Waals surface area contributed by atoms with Crippen molar-refractivity contribution in [2.75, 3.05) is 33.2 Å². The Bertz CT molecular complexity index is 518. The molecule has 0 aliphatic carbocycles. The Morgan fingerprint density at radius 2 is 1.67 bits per heavy atom. The summed E-state index contributed by atoms with van der Waals surface area (Å²) in [6.07, 6.45) is 5.48. The van der Waals surface area contributed by atoms with Gasteiger partial charge in [-0.3, -0.25) is 14.4 Å². The first kappa shape index (κ1) is 17.2. The Morgan fingerprint density at radius 1 is 1.04 bits per heavy atom. The molecule has 1 spiro atoms. The first-order valence-electron chi connectivity index (χ1n) is 9.30. The van der Waals surface area contributed by atoms with E-state index in [0.29, 0.717) is 25.9 Å². The summed E-state index contributed by atoms with van der Waals surface area (Å²) in [5, 5.41) is 0. The van der Waals surface area contributed by atoms with Gasteiger partial charge in [-0.15, -0.1) is 0 Å². The van der Waals surface area contributed by atoms with Gasteiger partial charge >= 0.3 is 0 Å². The van der Waals surface area contributed by atoms with Gasteiger partial charge in [-0.25, -0.2) is 0 Å². The fourth-order valence-corrected chi connectivity index (χ4v) is 4.53. The van der Waals surface area contributed by atoms with Crippen LogP contribution in [0.3, 0.4) is 0 Å². The molecular weight excluding hydrogens is 306 g/mol. The summed E-state index contributed by atoms with van der Waals surface area (Å²) < 4.78 is 0. The van der Waals surface area contributed by atoms with Gasteiger partial charge in [0.25, 0.3) is 0 Å². The standard InChI is InChI=1S/C18H29N3O3/c1-3-15(22)20-10-5-14(6-11-20)17(24)21-12-8-18(9-13-21)7-4-16(23)19(18)2/h14H,3-13H2,1-2H3. The third kappa shape index (κ3) is 3.03. The summed E-state index contributed by atoms with van der Waals surface area (Å²) in [7, 11) is 1.91. The molecule has 0 atom stereocenters. The molecule has 3 aliphatic rings. The average molecular weight is 335 g/mol. The highest BCUT2D eigenvalue weighted by molar-refractivity contribution is 5.81. The van der Waals surface area contributed by atoms with E-state index in [0.717, 1.165) is 45.2 Å². The van der Waals surface area contributed by atoms with E-state index in [1.165, 1.54) is 0 Å². The quantitative estimate of drug-likeness (QED) is 0.763. The van der Waals surface area contributed by atoms with Crippen LogP contribution in [0.15, 0.2) is 0 Å². The van der Waals surface area contributed by atoms with Crippen molar-refractivity contribution in [2.45, 2.75) is 57.4 Å². The van der Waals surface area contributed by atoms with Crippen LogP contribution in [0, 0.1) is 5.92 Å². The van der Waals surface area contributed by atoms with Gasteiger partial charge in [0.05, 0.1) is 0 Å². The maximum Gasteiger partial charge on any atom is 0.225 e. The Labute approximate surface area is 144 Å². The molecule has 3 aliphatic heterocycles.